The Kier molecular flexibility index (Phi) is 5.37. The normalized spacial score (nSPS) is 15.0. The van der Waals surface area contributed by atoms with Crippen LogP contribution in [0.3, 0.4) is 0 Å². The Morgan fingerprint density at radius 3 is 2.58 bits per heavy atom. The first kappa shape index (κ1) is 18.1. The number of amides is 1. The van der Waals surface area contributed by atoms with Crippen LogP contribution in [0.25, 0.3) is 6.08 Å². The highest BCUT2D eigenvalue weighted by molar-refractivity contribution is 6.04. The lowest BCUT2D eigenvalue weighted by Crippen LogP contribution is -2.26. The summed E-state index contributed by atoms with van der Waals surface area (Å²) >= 11 is 0. The molecule has 1 fully saturated rings. The van der Waals surface area contributed by atoms with Crippen molar-refractivity contribution in [3.8, 4) is 0 Å². The largest absolute Gasteiger partial charge is 0.306 e. The van der Waals surface area contributed by atoms with Gasteiger partial charge >= 0.3 is 0 Å². The number of aromatic nitrogens is 1. The average Bonchev–Trinajstić information content (AvgIpc) is 2.62. The van der Waals surface area contributed by atoms with Gasteiger partial charge in [0.1, 0.15) is 5.82 Å². The molecule has 1 aliphatic rings. The molecular weight excluding hydrogens is 343 g/mol. The summed E-state index contributed by atoms with van der Waals surface area (Å²) in [6, 6.07) is 6.67. The molecule has 1 amide bonds. The number of nitrogens with one attached hydrogen (secondary N) is 1. The SMILES string of the molecule is CN1CCC(=Cc2cccc(NC(=O)c3ccc(F)c(F)c3F)n2)CC1. The molecule has 0 spiro atoms. The minimum Gasteiger partial charge on any atom is -0.306 e. The smallest absolute Gasteiger partial charge is 0.259 e. The van der Waals surface area contributed by atoms with Gasteiger partial charge in [0.15, 0.2) is 17.5 Å². The van der Waals surface area contributed by atoms with E-state index in [0.717, 1.165) is 32.0 Å². The maximum absolute atomic E-state index is 13.7. The van der Waals surface area contributed by atoms with Crippen molar-refractivity contribution in [3.63, 3.8) is 0 Å². The van der Waals surface area contributed by atoms with Gasteiger partial charge in [-0.25, -0.2) is 18.2 Å². The molecule has 1 saturated heterocycles. The molecule has 0 saturated carbocycles. The van der Waals surface area contributed by atoms with Crippen molar-refractivity contribution in [2.24, 2.45) is 0 Å². The monoisotopic (exact) mass is 361 g/mol. The summed E-state index contributed by atoms with van der Waals surface area (Å²) in [4.78, 5) is 18.7. The van der Waals surface area contributed by atoms with Crippen molar-refractivity contribution in [1.29, 1.82) is 0 Å². The topological polar surface area (TPSA) is 45.2 Å². The van der Waals surface area contributed by atoms with Crippen LogP contribution in [0.5, 0.6) is 0 Å². The highest BCUT2D eigenvalue weighted by atomic mass is 19.2. The van der Waals surface area contributed by atoms with E-state index in [4.69, 9.17) is 0 Å². The molecule has 3 rings (SSSR count). The lowest BCUT2D eigenvalue weighted by molar-refractivity contribution is 0.102. The molecule has 0 bridgehead atoms. The van der Waals surface area contributed by atoms with Crippen LogP contribution < -0.4 is 5.32 Å². The number of hydrogen-bond donors (Lipinski definition) is 1. The van der Waals surface area contributed by atoms with Crippen LogP contribution in [0.1, 0.15) is 28.9 Å². The van der Waals surface area contributed by atoms with Gasteiger partial charge in [-0.3, -0.25) is 4.79 Å². The van der Waals surface area contributed by atoms with Gasteiger partial charge in [-0.15, -0.1) is 0 Å². The van der Waals surface area contributed by atoms with Crippen molar-refractivity contribution in [1.82, 2.24) is 9.88 Å². The van der Waals surface area contributed by atoms with Gasteiger partial charge in [0.2, 0.25) is 0 Å². The Morgan fingerprint density at radius 2 is 1.85 bits per heavy atom. The molecule has 2 aromatic rings. The third kappa shape index (κ3) is 4.11. The van der Waals surface area contributed by atoms with E-state index in [-0.39, 0.29) is 5.82 Å². The highest BCUT2D eigenvalue weighted by Crippen LogP contribution is 2.19. The number of rotatable bonds is 3. The zero-order valence-electron chi connectivity index (χ0n) is 14.2. The fourth-order valence-corrected chi connectivity index (χ4v) is 2.75. The van der Waals surface area contributed by atoms with Gasteiger partial charge in [0.05, 0.1) is 11.3 Å². The number of hydrogen-bond acceptors (Lipinski definition) is 3. The summed E-state index contributed by atoms with van der Waals surface area (Å²) in [6.45, 7) is 1.97. The summed E-state index contributed by atoms with van der Waals surface area (Å²) in [5.41, 5.74) is 1.36. The number of carbonyl (C=O) groups is 1. The summed E-state index contributed by atoms with van der Waals surface area (Å²) in [5, 5.41) is 2.41. The van der Waals surface area contributed by atoms with E-state index < -0.39 is 28.9 Å². The first-order valence-corrected chi connectivity index (χ1v) is 8.24. The van der Waals surface area contributed by atoms with E-state index in [0.29, 0.717) is 11.8 Å². The quantitative estimate of drug-likeness (QED) is 0.845. The number of pyridine rings is 1. The van der Waals surface area contributed by atoms with Crippen molar-refractivity contribution >= 4 is 17.8 Å². The van der Waals surface area contributed by atoms with Crippen LogP contribution in [-0.4, -0.2) is 35.9 Å². The molecule has 2 heterocycles. The number of halogens is 3. The van der Waals surface area contributed by atoms with E-state index >= 15 is 0 Å². The Hall–Kier alpha value is -2.67. The second-order valence-corrected chi connectivity index (χ2v) is 6.23. The number of carbonyl (C=O) groups excluding carboxylic acids is 1. The average molecular weight is 361 g/mol. The molecule has 1 N–H and O–H groups in total. The van der Waals surface area contributed by atoms with Crippen LogP contribution in [0.2, 0.25) is 0 Å². The van der Waals surface area contributed by atoms with E-state index in [2.05, 4.69) is 22.2 Å². The van der Waals surface area contributed by atoms with Crippen LogP contribution in [0.4, 0.5) is 19.0 Å². The fraction of sp³-hybridized carbons (Fsp3) is 0.263. The lowest BCUT2D eigenvalue weighted by Gasteiger charge is -2.23. The van der Waals surface area contributed by atoms with E-state index in [9.17, 15) is 18.0 Å². The first-order valence-electron chi connectivity index (χ1n) is 8.24. The molecule has 4 nitrogen and oxygen atoms in total. The first-order chi connectivity index (χ1) is 12.4. The molecule has 0 atom stereocenters. The number of likely N-dealkylation sites (tertiary alicyclic amines) is 1. The third-order valence-electron chi connectivity index (χ3n) is 4.27. The summed E-state index contributed by atoms with van der Waals surface area (Å²) < 4.78 is 40.0. The van der Waals surface area contributed by atoms with Crippen molar-refractivity contribution in [2.45, 2.75) is 12.8 Å². The molecule has 1 aliphatic heterocycles. The molecule has 0 radical (unpaired) electrons. The predicted molar refractivity (Wildman–Crippen MR) is 93.2 cm³/mol. The second kappa shape index (κ2) is 7.70. The molecule has 0 aliphatic carbocycles. The number of benzene rings is 1. The Bertz CT molecular complexity index is 857. The van der Waals surface area contributed by atoms with Gasteiger partial charge in [0, 0.05) is 13.1 Å². The summed E-state index contributed by atoms with van der Waals surface area (Å²) in [6.07, 6.45) is 3.88. The maximum Gasteiger partial charge on any atom is 0.259 e. The number of piperidine rings is 1. The Morgan fingerprint density at radius 1 is 1.12 bits per heavy atom. The number of nitrogens with zero attached hydrogens (tertiary/aromatic N) is 2. The van der Waals surface area contributed by atoms with Crippen LogP contribution in [0, 0.1) is 17.5 Å². The zero-order valence-corrected chi connectivity index (χ0v) is 14.2. The predicted octanol–water partition coefficient (Wildman–Crippen LogP) is 3.86. The van der Waals surface area contributed by atoms with Crippen LogP contribution in [0.15, 0.2) is 35.9 Å². The number of anilines is 1. The highest BCUT2D eigenvalue weighted by Gasteiger charge is 2.19. The van der Waals surface area contributed by atoms with E-state index in [1.54, 1.807) is 18.2 Å². The fourth-order valence-electron chi connectivity index (χ4n) is 2.75. The third-order valence-corrected chi connectivity index (χ3v) is 4.27. The van der Waals surface area contributed by atoms with Crippen molar-refractivity contribution < 1.29 is 18.0 Å². The molecule has 0 unspecified atom stereocenters. The van der Waals surface area contributed by atoms with Crippen molar-refractivity contribution in [3.05, 3.63) is 64.6 Å². The van der Waals surface area contributed by atoms with Crippen LogP contribution in [-0.2, 0) is 0 Å². The maximum atomic E-state index is 13.7. The van der Waals surface area contributed by atoms with Gasteiger partial charge < -0.3 is 10.2 Å². The zero-order chi connectivity index (χ0) is 18.7. The standard InChI is InChI=1S/C19H18F3N3O/c1-25-9-7-12(8-10-25)11-13-3-2-4-16(23-13)24-19(26)14-5-6-15(20)18(22)17(14)21/h2-6,11H,7-10H2,1H3,(H,23,24,26). The molecule has 1 aromatic heterocycles. The Labute approximate surface area is 149 Å². The minimum atomic E-state index is -1.67. The molecule has 136 valence electrons. The second-order valence-electron chi connectivity index (χ2n) is 6.23. The molecular formula is C19H18F3N3O. The lowest BCUT2D eigenvalue weighted by atomic mass is 10.0. The van der Waals surface area contributed by atoms with Crippen LogP contribution >= 0.6 is 0 Å². The summed E-state index contributed by atoms with van der Waals surface area (Å²) in [5.74, 6) is -5.22. The Balaban J connectivity index is 1.76. The minimum absolute atomic E-state index is 0.210. The molecule has 26 heavy (non-hydrogen) atoms. The van der Waals surface area contributed by atoms with Gasteiger partial charge in [-0.05, 0) is 50.2 Å². The molecule has 7 heteroatoms. The summed E-state index contributed by atoms with van der Waals surface area (Å²) in [7, 11) is 2.07. The van der Waals surface area contributed by atoms with E-state index in [1.807, 2.05) is 6.08 Å². The van der Waals surface area contributed by atoms with E-state index in [1.165, 1.54) is 5.57 Å². The van der Waals surface area contributed by atoms with Gasteiger partial charge in [-0.2, -0.15) is 0 Å². The van der Waals surface area contributed by atoms with Crippen molar-refractivity contribution in [2.75, 3.05) is 25.5 Å². The van der Waals surface area contributed by atoms with Gasteiger partial charge in [0.25, 0.3) is 5.91 Å². The van der Waals surface area contributed by atoms with Gasteiger partial charge in [-0.1, -0.05) is 11.6 Å². The molecule has 1 aromatic carbocycles.